The molecule has 1 fully saturated rings. The fraction of sp³-hybridized carbons (Fsp3) is 0.429. The zero-order valence-electron chi connectivity index (χ0n) is 16.2. The quantitative estimate of drug-likeness (QED) is 0.759. The molecule has 0 radical (unpaired) electrons. The Hall–Kier alpha value is -2.47. The number of benzene rings is 1. The van der Waals surface area contributed by atoms with Gasteiger partial charge in [0.1, 0.15) is 5.82 Å². The van der Waals surface area contributed by atoms with Crippen LogP contribution in [0.2, 0.25) is 0 Å². The van der Waals surface area contributed by atoms with Gasteiger partial charge in [-0.15, -0.1) is 0 Å². The van der Waals surface area contributed by atoms with E-state index in [1.807, 2.05) is 24.8 Å². The van der Waals surface area contributed by atoms with E-state index >= 15 is 0 Å². The minimum Gasteiger partial charge on any atom is -0.344 e. The van der Waals surface area contributed by atoms with E-state index in [0.29, 0.717) is 26.2 Å². The molecule has 27 heavy (non-hydrogen) atoms. The van der Waals surface area contributed by atoms with Gasteiger partial charge in [0.2, 0.25) is 5.91 Å². The van der Waals surface area contributed by atoms with Gasteiger partial charge in [-0.2, -0.15) is 0 Å². The summed E-state index contributed by atoms with van der Waals surface area (Å²) in [6.07, 6.45) is 0. The lowest BCUT2D eigenvalue weighted by Gasteiger charge is -2.33. The highest BCUT2D eigenvalue weighted by Crippen LogP contribution is 2.19. The first-order valence-corrected chi connectivity index (χ1v) is 9.27. The Morgan fingerprint density at radius 3 is 2.26 bits per heavy atom. The summed E-state index contributed by atoms with van der Waals surface area (Å²) in [6.45, 7) is 9.29. The minimum atomic E-state index is -0.250. The number of halogens is 1. The van der Waals surface area contributed by atoms with E-state index in [1.54, 1.807) is 19.1 Å². The van der Waals surface area contributed by atoms with E-state index in [2.05, 4.69) is 9.47 Å². The highest BCUT2D eigenvalue weighted by Gasteiger charge is 2.23. The monoisotopic (exact) mass is 371 g/mol. The van der Waals surface area contributed by atoms with Crippen LogP contribution in [0.3, 0.4) is 0 Å². The van der Waals surface area contributed by atoms with Crippen LogP contribution >= 0.6 is 0 Å². The number of amides is 1. The molecule has 0 N–H and O–H groups in total. The van der Waals surface area contributed by atoms with Crippen LogP contribution in [-0.4, -0.2) is 58.8 Å². The second-order valence-corrected chi connectivity index (χ2v) is 7.20. The van der Waals surface area contributed by atoms with Crippen molar-refractivity contribution >= 4 is 11.7 Å². The number of rotatable bonds is 5. The summed E-state index contributed by atoms with van der Waals surface area (Å²) in [5, 5.41) is 0. The standard InChI is InChI=1S/C21H26FN3O2/c1-15-12-20(16(2)25(15)13-18-4-6-19(22)7-5-18)21(27)14-23-8-10-24(11-9-23)17(3)26/h4-7,12H,8-11,13-14H2,1-3H3. The number of hydrogen-bond donors (Lipinski definition) is 0. The summed E-state index contributed by atoms with van der Waals surface area (Å²) in [6, 6.07) is 8.38. The van der Waals surface area contributed by atoms with Gasteiger partial charge in [0, 0.05) is 56.6 Å². The van der Waals surface area contributed by atoms with Crippen LogP contribution in [0.25, 0.3) is 0 Å². The van der Waals surface area contributed by atoms with Gasteiger partial charge in [0.05, 0.1) is 6.54 Å². The number of piperazine rings is 1. The molecular formula is C21H26FN3O2. The maximum Gasteiger partial charge on any atom is 0.219 e. The van der Waals surface area contributed by atoms with Gasteiger partial charge in [-0.05, 0) is 37.6 Å². The molecule has 0 aliphatic carbocycles. The molecule has 1 aliphatic heterocycles. The summed E-state index contributed by atoms with van der Waals surface area (Å²) in [4.78, 5) is 28.2. The molecule has 144 valence electrons. The van der Waals surface area contributed by atoms with Crippen molar-refractivity contribution in [2.24, 2.45) is 0 Å². The topological polar surface area (TPSA) is 45.6 Å². The smallest absolute Gasteiger partial charge is 0.219 e. The summed E-state index contributed by atoms with van der Waals surface area (Å²) in [5.41, 5.74) is 3.69. The second kappa shape index (κ2) is 8.05. The predicted octanol–water partition coefficient (Wildman–Crippen LogP) is 2.64. The Balaban J connectivity index is 1.67. The molecule has 6 heteroatoms. The molecule has 3 rings (SSSR count). The van der Waals surface area contributed by atoms with E-state index in [4.69, 9.17) is 0 Å². The molecule has 1 aromatic heterocycles. The van der Waals surface area contributed by atoms with E-state index < -0.39 is 0 Å². The maximum absolute atomic E-state index is 13.1. The van der Waals surface area contributed by atoms with E-state index in [1.165, 1.54) is 12.1 Å². The van der Waals surface area contributed by atoms with Crippen molar-refractivity contribution in [1.82, 2.24) is 14.4 Å². The van der Waals surface area contributed by atoms with Crippen molar-refractivity contribution in [3.8, 4) is 0 Å². The second-order valence-electron chi connectivity index (χ2n) is 7.20. The van der Waals surface area contributed by atoms with Crippen molar-refractivity contribution in [2.45, 2.75) is 27.3 Å². The summed E-state index contributed by atoms with van der Waals surface area (Å²) in [7, 11) is 0. The van der Waals surface area contributed by atoms with Gasteiger partial charge >= 0.3 is 0 Å². The largest absolute Gasteiger partial charge is 0.344 e. The molecule has 0 bridgehead atoms. The van der Waals surface area contributed by atoms with Crippen molar-refractivity contribution in [1.29, 1.82) is 0 Å². The number of hydrogen-bond acceptors (Lipinski definition) is 3. The Bertz CT molecular complexity index is 834. The molecule has 2 aromatic rings. The lowest BCUT2D eigenvalue weighted by molar-refractivity contribution is -0.130. The number of ketones is 1. The third-order valence-corrected chi connectivity index (χ3v) is 5.31. The zero-order valence-corrected chi connectivity index (χ0v) is 16.2. The van der Waals surface area contributed by atoms with Gasteiger partial charge in [-0.1, -0.05) is 12.1 Å². The Kier molecular flexibility index (Phi) is 5.75. The van der Waals surface area contributed by atoms with Gasteiger partial charge in [-0.25, -0.2) is 4.39 Å². The minimum absolute atomic E-state index is 0.0883. The number of nitrogens with zero attached hydrogens (tertiary/aromatic N) is 3. The van der Waals surface area contributed by atoms with Gasteiger partial charge in [-0.3, -0.25) is 14.5 Å². The first-order valence-electron chi connectivity index (χ1n) is 9.27. The van der Waals surface area contributed by atoms with Crippen LogP contribution < -0.4 is 0 Å². The molecule has 1 amide bonds. The van der Waals surface area contributed by atoms with Gasteiger partial charge < -0.3 is 9.47 Å². The Labute approximate surface area is 159 Å². The highest BCUT2D eigenvalue weighted by atomic mass is 19.1. The normalized spacial score (nSPS) is 15.2. The predicted molar refractivity (Wildman–Crippen MR) is 102 cm³/mol. The zero-order chi connectivity index (χ0) is 19.6. The van der Waals surface area contributed by atoms with Gasteiger partial charge in [0.25, 0.3) is 0 Å². The average molecular weight is 371 g/mol. The first kappa shape index (κ1) is 19.3. The molecule has 0 saturated carbocycles. The van der Waals surface area contributed by atoms with Crippen molar-refractivity contribution in [3.63, 3.8) is 0 Å². The van der Waals surface area contributed by atoms with Crippen LogP contribution in [0.1, 0.15) is 34.2 Å². The van der Waals surface area contributed by atoms with Crippen LogP contribution in [0.15, 0.2) is 30.3 Å². The van der Waals surface area contributed by atoms with Crippen molar-refractivity contribution < 1.29 is 14.0 Å². The Morgan fingerprint density at radius 2 is 1.67 bits per heavy atom. The fourth-order valence-corrected chi connectivity index (χ4v) is 3.61. The van der Waals surface area contributed by atoms with Crippen LogP contribution in [0, 0.1) is 19.7 Å². The van der Waals surface area contributed by atoms with Crippen LogP contribution in [0.4, 0.5) is 4.39 Å². The van der Waals surface area contributed by atoms with Crippen molar-refractivity contribution in [3.05, 3.63) is 58.7 Å². The molecule has 2 heterocycles. The number of carbonyl (C=O) groups is 2. The van der Waals surface area contributed by atoms with Crippen LogP contribution in [-0.2, 0) is 11.3 Å². The maximum atomic E-state index is 13.1. The fourth-order valence-electron chi connectivity index (χ4n) is 3.61. The van der Waals surface area contributed by atoms with E-state index in [0.717, 1.165) is 35.6 Å². The van der Waals surface area contributed by atoms with Crippen molar-refractivity contribution in [2.75, 3.05) is 32.7 Å². The molecule has 0 spiro atoms. The third-order valence-electron chi connectivity index (χ3n) is 5.31. The molecule has 0 unspecified atom stereocenters. The molecule has 0 atom stereocenters. The Morgan fingerprint density at radius 1 is 1.04 bits per heavy atom. The molecule has 1 aliphatic rings. The SMILES string of the molecule is CC(=O)N1CCN(CC(=O)c2cc(C)n(Cc3ccc(F)cc3)c2C)CC1. The number of Topliss-reactive ketones (excluding diaryl/α,β-unsaturated/α-hetero) is 1. The van der Waals surface area contributed by atoms with Gasteiger partial charge in [0.15, 0.2) is 5.78 Å². The molecule has 5 nitrogen and oxygen atoms in total. The number of aromatic nitrogens is 1. The third kappa shape index (κ3) is 4.45. The highest BCUT2D eigenvalue weighted by molar-refractivity contribution is 5.99. The summed E-state index contributed by atoms with van der Waals surface area (Å²) >= 11 is 0. The van der Waals surface area contributed by atoms with Crippen LogP contribution in [0.5, 0.6) is 0 Å². The lowest BCUT2D eigenvalue weighted by Crippen LogP contribution is -2.49. The molecule has 1 aromatic carbocycles. The number of carbonyl (C=O) groups excluding carboxylic acids is 2. The lowest BCUT2D eigenvalue weighted by atomic mass is 10.1. The van der Waals surface area contributed by atoms with E-state index in [9.17, 15) is 14.0 Å². The summed E-state index contributed by atoms with van der Waals surface area (Å²) < 4.78 is 15.2. The molecular weight excluding hydrogens is 345 g/mol. The number of aryl methyl sites for hydroxylation is 1. The average Bonchev–Trinajstić information content (AvgIpc) is 2.92. The first-order chi connectivity index (χ1) is 12.8. The summed E-state index contributed by atoms with van der Waals surface area (Å²) in [5.74, 6) is -0.0597. The molecule has 1 saturated heterocycles. The van der Waals surface area contributed by atoms with E-state index in [-0.39, 0.29) is 17.5 Å².